The van der Waals surface area contributed by atoms with E-state index in [9.17, 15) is 22.2 Å². The van der Waals surface area contributed by atoms with Gasteiger partial charge in [0.25, 0.3) is 0 Å². The molecule has 5 rings (SSSR count). The average Bonchev–Trinajstić information content (AvgIpc) is 3.49. The number of hydrogen-bond acceptors (Lipinski definition) is 5. The summed E-state index contributed by atoms with van der Waals surface area (Å²) in [6.07, 6.45) is 0.701. The Kier molecular flexibility index (Phi) is 5.81. The zero-order valence-corrected chi connectivity index (χ0v) is 19.0. The quantitative estimate of drug-likeness (QED) is 0.665. The number of halogens is 3. The number of urea groups is 1. The predicted octanol–water partition coefficient (Wildman–Crippen LogP) is 3.65. The highest BCUT2D eigenvalue weighted by molar-refractivity contribution is 7.91. The monoisotopic (exact) mass is 499 g/mol. The lowest BCUT2D eigenvalue weighted by atomic mass is 9.94. The summed E-state index contributed by atoms with van der Waals surface area (Å²) in [5, 5.41) is 12.7. The molecular formula is C21H24F3N5O4S. The standard InChI is InChI=1S/C21H24F3N5O4S/c22-21(23,24)33-11-14-6-5-13-9-12-3-1-4-15(12)18(17(13)14)27-20(30)28-34(25,31)16-10-26-29-7-2-8-32-19(16)29/h9-10,14H,1-8,11H2,(H3,25,27,28,30,31). The summed E-state index contributed by atoms with van der Waals surface area (Å²) in [6.45, 7) is 0.438. The molecule has 2 heterocycles. The van der Waals surface area contributed by atoms with Crippen molar-refractivity contribution in [3.63, 3.8) is 0 Å². The Morgan fingerprint density at radius 1 is 1.32 bits per heavy atom. The molecule has 0 spiro atoms. The van der Waals surface area contributed by atoms with Crippen LogP contribution in [0.15, 0.2) is 21.5 Å². The molecule has 0 bridgehead atoms. The Hall–Kier alpha value is -2.64. The summed E-state index contributed by atoms with van der Waals surface area (Å²) >= 11 is 0. The van der Waals surface area contributed by atoms with Gasteiger partial charge < -0.3 is 10.1 Å². The molecule has 2 aromatic rings. The van der Waals surface area contributed by atoms with Crippen LogP contribution in [0.3, 0.4) is 0 Å². The van der Waals surface area contributed by atoms with Gasteiger partial charge >= 0.3 is 12.4 Å². The van der Waals surface area contributed by atoms with Crippen molar-refractivity contribution in [2.45, 2.75) is 62.2 Å². The lowest BCUT2D eigenvalue weighted by molar-refractivity contribution is -0.326. The van der Waals surface area contributed by atoms with E-state index in [0.717, 1.165) is 36.0 Å². The van der Waals surface area contributed by atoms with Gasteiger partial charge in [-0.1, -0.05) is 6.07 Å². The Morgan fingerprint density at radius 3 is 2.94 bits per heavy atom. The number of nitrogens with two attached hydrogens (primary N) is 1. The first kappa shape index (κ1) is 23.1. The van der Waals surface area contributed by atoms with Gasteiger partial charge in [-0.25, -0.2) is 18.8 Å². The normalized spacial score (nSPS) is 20.6. The lowest BCUT2D eigenvalue weighted by Crippen LogP contribution is -2.22. The molecule has 3 aliphatic rings. The Morgan fingerprint density at radius 2 is 2.15 bits per heavy atom. The van der Waals surface area contributed by atoms with Gasteiger partial charge in [0.2, 0.25) is 5.88 Å². The highest BCUT2D eigenvalue weighted by atomic mass is 32.2. The number of carbonyl (C=O) groups excluding carboxylic acids is 1. The van der Waals surface area contributed by atoms with Gasteiger partial charge in [0, 0.05) is 24.6 Å². The number of ether oxygens (including phenoxy) is 2. The van der Waals surface area contributed by atoms with Crippen molar-refractivity contribution in [3.05, 3.63) is 34.5 Å². The molecule has 1 aromatic heterocycles. The van der Waals surface area contributed by atoms with Crippen LogP contribution in [0.5, 0.6) is 5.88 Å². The molecule has 2 aliphatic carbocycles. The van der Waals surface area contributed by atoms with E-state index in [0.29, 0.717) is 43.7 Å². The maximum atomic E-state index is 13.1. The Labute approximate surface area is 194 Å². The maximum absolute atomic E-state index is 13.1. The van der Waals surface area contributed by atoms with E-state index in [1.807, 2.05) is 6.07 Å². The van der Waals surface area contributed by atoms with Crippen LogP contribution >= 0.6 is 0 Å². The van der Waals surface area contributed by atoms with E-state index < -0.39 is 34.8 Å². The van der Waals surface area contributed by atoms with Crippen molar-refractivity contribution >= 4 is 21.6 Å². The highest BCUT2D eigenvalue weighted by Crippen LogP contribution is 2.45. The minimum absolute atomic E-state index is 0.0299. The van der Waals surface area contributed by atoms with Crippen LogP contribution in [0.1, 0.15) is 47.4 Å². The van der Waals surface area contributed by atoms with Crippen LogP contribution in [-0.4, -0.2) is 39.6 Å². The molecule has 13 heteroatoms. The van der Waals surface area contributed by atoms with Gasteiger partial charge in [0.1, 0.15) is 4.90 Å². The average molecular weight is 500 g/mol. The molecule has 2 unspecified atom stereocenters. The largest absolute Gasteiger partial charge is 0.522 e. The minimum atomic E-state index is -4.74. The first-order valence-corrected chi connectivity index (χ1v) is 12.6. The molecule has 3 N–H and O–H groups in total. The van der Waals surface area contributed by atoms with E-state index >= 15 is 0 Å². The van der Waals surface area contributed by atoms with Gasteiger partial charge in [0.05, 0.1) is 19.4 Å². The summed E-state index contributed by atoms with van der Waals surface area (Å²) in [6, 6.07) is 1.08. The van der Waals surface area contributed by atoms with Crippen LogP contribution in [0.25, 0.3) is 0 Å². The summed E-state index contributed by atoms with van der Waals surface area (Å²) in [7, 11) is -3.67. The molecule has 0 saturated heterocycles. The molecule has 0 radical (unpaired) electrons. The zero-order valence-electron chi connectivity index (χ0n) is 18.2. The fourth-order valence-electron chi connectivity index (χ4n) is 5.02. The molecule has 1 aromatic carbocycles. The number of carbonyl (C=O) groups is 1. The van der Waals surface area contributed by atoms with E-state index in [1.54, 1.807) is 0 Å². The summed E-state index contributed by atoms with van der Waals surface area (Å²) in [5.41, 5.74) is 3.88. The van der Waals surface area contributed by atoms with Crippen LogP contribution in [0.2, 0.25) is 0 Å². The number of rotatable bonds is 4. The topological polar surface area (TPSA) is 121 Å². The number of nitrogens with one attached hydrogen (secondary N) is 1. The third-order valence-corrected chi connectivity index (χ3v) is 7.77. The first-order valence-electron chi connectivity index (χ1n) is 11.0. The smallest absolute Gasteiger partial charge is 0.477 e. The minimum Gasteiger partial charge on any atom is -0.477 e. The van der Waals surface area contributed by atoms with Crippen LogP contribution < -0.4 is 15.2 Å². The van der Waals surface area contributed by atoms with Crippen molar-refractivity contribution in [3.8, 4) is 5.88 Å². The van der Waals surface area contributed by atoms with Gasteiger partial charge in [-0.2, -0.15) is 5.10 Å². The van der Waals surface area contributed by atoms with E-state index in [2.05, 4.69) is 19.5 Å². The fraction of sp³-hybridized carbons (Fsp3) is 0.524. The number of alkyl halides is 3. The molecule has 2 amide bonds. The van der Waals surface area contributed by atoms with Gasteiger partial charge in [-0.05, 0) is 54.4 Å². The highest BCUT2D eigenvalue weighted by Gasteiger charge is 2.36. The summed E-state index contributed by atoms with van der Waals surface area (Å²) < 4.78 is 66.1. The lowest BCUT2D eigenvalue weighted by Gasteiger charge is -2.20. The van der Waals surface area contributed by atoms with Crippen LogP contribution in [0, 0.1) is 0 Å². The molecular weight excluding hydrogens is 475 g/mol. The predicted molar refractivity (Wildman–Crippen MR) is 116 cm³/mol. The first-order chi connectivity index (χ1) is 16.1. The molecule has 0 saturated carbocycles. The van der Waals surface area contributed by atoms with Crippen LogP contribution in [0.4, 0.5) is 23.7 Å². The number of hydrogen-bond donors (Lipinski definition) is 2. The second kappa shape index (κ2) is 8.54. The summed E-state index contributed by atoms with van der Waals surface area (Å²) in [4.78, 5) is 12.9. The van der Waals surface area contributed by atoms with Gasteiger partial charge in [-0.15, -0.1) is 17.5 Å². The fourth-order valence-corrected chi connectivity index (χ4v) is 6.03. The third kappa shape index (κ3) is 4.39. The second-order valence-corrected chi connectivity index (χ2v) is 10.4. The SMILES string of the molecule is NS(=O)(=NC(=O)Nc1c2c(cc3c1C(COC(F)(F)F)CC3)CCC2)c1cnn2c1OCCC2. The molecule has 1 aliphatic heterocycles. The van der Waals surface area contributed by atoms with Crippen molar-refractivity contribution < 1.29 is 31.6 Å². The van der Waals surface area contributed by atoms with Crippen molar-refractivity contribution in [1.29, 1.82) is 0 Å². The van der Waals surface area contributed by atoms with Crippen molar-refractivity contribution in [2.75, 3.05) is 18.5 Å². The zero-order chi connectivity index (χ0) is 24.1. The molecule has 0 fully saturated rings. The van der Waals surface area contributed by atoms with Gasteiger partial charge in [-0.3, -0.25) is 4.74 Å². The second-order valence-electron chi connectivity index (χ2n) is 8.64. The third-order valence-electron chi connectivity index (χ3n) is 6.42. The van der Waals surface area contributed by atoms with Crippen molar-refractivity contribution in [2.24, 2.45) is 9.50 Å². The molecule has 184 valence electrons. The molecule has 9 nitrogen and oxygen atoms in total. The van der Waals surface area contributed by atoms with Crippen LogP contribution in [-0.2, 0) is 40.5 Å². The maximum Gasteiger partial charge on any atom is 0.522 e. The molecule has 34 heavy (non-hydrogen) atoms. The van der Waals surface area contributed by atoms with E-state index in [1.165, 1.54) is 10.9 Å². The Bertz CT molecular complexity index is 1270. The number of benzene rings is 1. The molecule has 2 atom stereocenters. The van der Waals surface area contributed by atoms with Gasteiger partial charge in [0.15, 0.2) is 9.92 Å². The number of fused-ring (bicyclic) bond motifs is 3. The number of anilines is 1. The van der Waals surface area contributed by atoms with Crippen molar-refractivity contribution in [1.82, 2.24) is 9.78 Å². The number of amides is 2. The van der Waals surface area contributed by atoms with E-state index in [4.69, 9.17) is 9.88 Å². The number of aryl methyl sites for hydroxylation is 3. The van der Waals surface area contributed by atoms with E-state index in [-0.39, 0.29) is 10.8 Å². The Balaban J connectivity index is 1.47. The number of nitrogens with zero attached hydrogens (tertiary/aromatic N) is 3. The number of aromatic nitrogens is 2. The summed E-state index contributed by atoms with van der Waals surface area (Å²) in [5.74, 6) is -0.308.